The summed E-state index contributed by atoms with van der Waals surface area (Å²) in [5.74, 6) is -1.64. The van der Waals surface area contributed by atoms with E-state index in [9.17, 15) is 14.7 Å². The zero-order valence-corrected chi connectivity index (χ0v) is 13.4. The fourth-order valence-electron chi connectivity index (χ4n) is 2.20. The first-order valence-corrected chi connectivity index (χ1v) is 7.14. The maximum absolute atomic E-state index is 12.3. The van der Waals surface area contributed by atoms with Gasteiger partial charge in [-0.25, -0.2) is 0 Å². The number of rotatable bonds is 4. The third-order valence-corrected chi connectivity index (χ3v) is 4.00. The Bertz CT molecular complexity index is 791. The lowest BCUT2D eigenvalue weighted by Crippen LogP contribution is -2.23. The van der Waals surface area contributed by atoms with Gasteiger partial charge in [-0.3, -0.25) is 4.79 Å². The van der Waals surface area contributed by atoms with Crippen molar-refractivity contribution in [3.63, 3.8) is 0 Å². The molecular formula is C16H12Cl2NO3-. The number of hydrogen-bond acceptors (Lipinski definition) is 3. The lowest BCUT2D eigenvalue weighted by molar-refractivity contribution is -0.255. The number of benzene rings is 1. The highest BCUT2D eigenvalue weighted by molar-refractivity contribution is 6.42. The summed E-state index contributed by atoms with van der Waals surface area (Å²) in [7, 11) is 0. The maximum Gasteiger partial charge on any atom is 0.187 e. The van der Waals surface area contributed by atoms with Crippen molar-refractivity contribution in [1.29, 1.82) is 0 Å². The fraction of sp³-hybridized carbons (Fsp3) is 0.125. The minimum atomic E-state index is -1.34. The van der Waals surface area contributed by atoms with E-state index in [2.05, 4.69) is 4.98 Å². The summed E-state index contributed by atoms with van der Waals surface area (Å²) in [6.07, 6.45) is 2.96. The van der Waals surface area contributed by atoms with Crippen LogP contribution in [0.2, 0.25) is 10.0 Å². The molecule has 0 amide bonds. The van der Waals surface area contributed by atoms with E-state index >= 15 is 0 Å². The van der Waals surface area contributed by atoms with Crippen LogP contribution in [0.3, 0.4) is 0 Å². The summed E-state index contributed by atoms with van der Waals surface area (Å²) in [5, 5.41) is 11.8. The van der Waals surface area contributed by atoms with Crippen LogP contribution in [0, 0.1) is 13.8 Å². The van der Waals surface area contributed by atoms with Crippen LogP contribution in [-0.2, 0) is 0 Å². The Morgan fingerprint density at radius 3 is 2.41 bits per heavy atom. The number of allylic oxidation sites excluding steroid dienone is 1. The van der Waals surface area contributed by atoms with Crippen molar-refractivity contribution in [3.8, 4) is 0 Å². The molecule has 0 bridgehead atoms. The molecule has 1 N–H and O–H groups in total. The van der Waals surface area contributed by atoms with Crippen LogP contribution >= 0.6 is 23.2 Å². The number of hydrogen-bond donors (Lipinski definition) is 1. The van der Waals surface area contributed by atoms with Crippen molar-refractivity contribution < 1.29 is 14.7 Å². The van der Waals surface area contributed by atoms with Gasteiger partial charge in [-0.05, 0) is 43.2 Å². The normalized spacial score (nSPS) is 11.1. The molecule has 0 saturated heterocycles. The van der Waals surface area contributed by atoms with Crippen LogP contribution in [0.15, 0.2) is 24.3 Å². The molecule has 2 rings (SSSR count). The van der Waals surface area contributed by atoms with E-state index in [0.717, 1.165) is 0 Å². The van der Waals surface area contributed by atoms with Crippen molar-refractivity contribution in [2.24, 2.45) is 0 Å². The van der Waals surface area contributed by atoms with Gasteiger partial charge in [0.25, 0.3) is 0 Å². The molecule has 0 aliphatic carbocycles. The van der Waals surface area contributed by atoms with Crippen molar-refractivity contribution in [1.82, 2.24) is 4.98 Å². The molecule has 0 spiro atoms. The highest BCUT2D eigenvalue weighted by Gasteiger charge is 2.16. The number of aromatic carboxylic acids is 1. The summed E-state index contributed by atoms with van der Waals surface area (Å²) in [6, 6.07) is 4.99. The van der Waals surface area contributed by atoms with E-state index in [1.165, 1.54) is 6.08 Å². The number of carbonyl (C=O) groups is 2. The zero-order chi connectivity index (χ0) is 16.4. The number of ketones is 1. The summed E-state index contributed by atoms with van der Waals surface area (Å²) in [4.78, 5) is 25.9. The fourth-order valence-corrected chi connectivity index (χ4v) is 2.50. The van der Waals surface area contributed by atoms with Crippen molar-refractivity contribution in [2.75, 3.05) is 0 Å². The molecule has 6 heteroatoms. The van der Waals surface area contributed by atoms with Gasteiger partial charge in [-0.15, -0.1) is 0 Å². The van der Waals surface area contributed by atoms with Crippen LogP contribution in [0.1, 0.15) is 37.7 Å². The number of nitrogens with one attached hydrogen (secondary N) is 1. The SMILES string of the molecule is Cc1[nH]c(C(=O)[O-])c(C)c1C(=O)/C=C/c1ccc(Cl)c(Cl)c1. The first kappa shape index (κ1) is 16.3. The number of carbonyl (C=O) groups excluding carboxylic acids is 2. The van der Waals surface area contributed by atoms with Crippen LogP contribution in [-0.4, -0.2) is 16.7 Å². The molecule has 0 unspecified atom stereocenters. The Balaban J connectivity index is 2.31. The van der Waals surface area contributed by atoms with Crippen LogP contribution in [0.4, 0.5) is 0 Å². The highest BCUT2D eigenvalue weighted by atomic mass is 35.5. The summed E-state index contributed by atoms with van der Waals surface area (Å²) in [6.45, 7) is 3.20. The molecular weight excluding hydrogens is 325 g/mol. The second-order valence-electron chi connectivity index (χ2n) is 4.78. The minimum absolute atomic E-state index is 0.0798. The predicted molar refractivity (Wildman–Crippen MR) is 84.4 cm³/mol. The van der Waals surface area contributed by atoms with Gasteiger partial charge in [0.2, 0.25) is 0 Å². The van der Waals surface area contributed by atoms with Gasteiger partial charge in [0.05, 0.1) is 21.7 Å². The average molecular weight is 337 g/mol. The molecule has 114 valence electrons. The summed E-state index contributed by atoms with van der Waals surface area (Å²) in [5.41, 5.74) is 1.81. The topological polar surface area (TPSA) is 73.0 Å². The zero-order valence-electron chi connectivity index (χ0n) is 11.9. The third kappa shape index (κ3) is 3.24. The van der Waals surface area contributed by atoms with Gasteiger partial charge in [0, 0.05) is 11.3 Å². The summed E-state index contributed by atoms with van der Waals surface area (Å²) < 4.78 is 0. The smallest absolute Gasteiger partial charge is 0.187 e. The Hall–Kier alpha value is -2.04. The van der Waals surface area contributed by atoms with E-state index in [1.807, 2.05) is 0 Å². The molecule has 0 aliphatic rings. The molecule has 1 aromatic carbocycles. The molecule has 2 aromatic rings. The number of carboxylic acid groups (broad SMARTS) is 1. The number of carboxylic acids is 1. The molecule has 0 atom stereocenters. The maximum atomic E-state index is 12.3. The first-order valence-electron chi connectivity index (χ1n) is 6.39. The number of H-pyrrole nitrogens is 1. The van der Waals surface area contributed by atoms with Gasteiger partial charge in [0.1, 0.15) is 0 Å². The molecule has 0 fully saturated rings. The molecule has 0 aliphatic heterocycles. The lowest BCUT2D eigenvalue weighted by Gasteiger charge is -2.01. The Kier molecular flexibility index (Phi) is 4.74. The standard InChI is InChI=1S/C16H13Cl2NO3/c1-8-14(9(2)19-15(8)16(21)22)13(20)6-4-10-3-5-11(17)12(18)7-10/h3-7,19H,1-2H3,(H,21,22)/p-1/b6-4+. The summed E-state index contributed by atoms with van der Waals surface area (Å²) >= 11 is 11.7. The van der Waals surface area contributed by atoms with Crippen molar-refractivity contribution in [2.45, 2.75) is 13.8 Å². The van der Waals surface area contributed by atoms with Crippen LogP contribution in [0.5, 0.6) is 0 Å². The first-order chi connectivity index (χ1) is 10.3. The van der Waals surface area contributed by atoms with E-state index in [1.54, 1.807) is 38.1 Å². The molecule has 22 heavy (non-hydrogen) atoms. The second-order valence-corrected chi connectivity index (χ2v) is 5.60. The van der Waals surface area contributed by atoms with E-state index in [4.69, 9.17) is 23.2 Å². The van der Waals surface area contributed by atoms with Crippen LogP contribution < -0.4 is 5.11 Å². The second kappa shape index (κ2) is 6.38. The number of halogens is 2. The van der Waals surface area contributed by atoms with Crippen molar-refractivity contribution in [3.05, 3.63) is 62.4 Å². The molecule has 1 aromatic heterocycles. The van der Waals surface area contributed by atoms with Gasteiger partial charge < -0.3 is 14.9 Å². The molecule has 0 radical (unpaired) electrons. The largest absolute Gasteiger partial charge is 0.543 e. The monoisotopic (exact) mass is 336 g/mol. The third-order valence-electron chi connectivity index (χ3n) is 3.26. The Morgan fingerprint density at radius 1 is 1.18 bits per heavy atom. The molecule has 4 nitrogen and oxygen atoms in total. The number of aromatic amines is 1. The highest BCUT2D eigenvalue weighted by Crippen LogP contribution is 2.24. The van der Waals surface area contributed by atoms with Crippen LogP contribution in [0.25, 0.3) is 6.08 Å². The van der Waals surface area contributed by atoms with Gasteiger partial charge in [0.15, 0.2) is 5.78 Å². The minimum Gasteiger partial charge on any atom is -0.543 e. The quantitative estimate of drug-likeness (QED) is 0.688. The Morgan fingerprint density at radius 2 is 1.86 bits per heavy atom. The van der Waals surface area contributed by atoms with Gasteiger partial charge >= 0.3 is 0 Å². The van der Waals surface area contributed by atoms with Crippen molar-refractivity contribution >= 4 is 41.0 Å². The number of aryl methyl sites for hydroxylation is 1. The Labute approximate surface area is 137 Å². The average Bonchev–Trinajstić information content (AvgIpc) is 2.75. The van der Waals surface area contributed by atoms with E-state index < -0.39 is 5.97 Å². The van der Waals surface area contributed by atoms with Gasteiger partial charge in [-0.1, -0.05) is 35.3 Å². The molecule has 1 heterocycles. The lowest BCUT2D eigenvalue weighted by atomic mass is 10.0. The molecule has 0 saturated carbocycles. The van der Waals surface area contributed by atoms with Gasteiger partial charge in [-0.2, -0.15) is 0 Å². The number of aromatic nitrogens is 1. The van der Waals surface area contributed by atoms with E-state index in [0.29, 0.717) is 32.4 Å². The van der Waals surface area contributed by atoms with E-state index in [-0.39, 0.29) is 11.5 Å². The predicted octanol–water partition coefficient (Wildman–Crippen LogP) is 3.20.